The van der Waals surface area contributed by atoms with Crippen LogP contribution in [0.4, 0.5) is 0 Å². The highest BCUT2D eigenvalue weighted by Crippen LogP contribution is 2.20. The van der Waals surface area contributed by atoms with Gasteiger partial charge < -0.3 is 5.73 Å². The molecule has 0 aliphatic heterocycles. The van der Waals surface area contributed by atoms with Gasteiger partial charge in [-0.25, -0.2) is 0 Å². The van der Waals surface area contributed by atoms with E-state index in [0.29, 0.717) is 6.42 Å². The van der Waals surface area contributed by atoms with Gasteiger partial charge in [-0.1, -0.05) is 0 Å². The summed E-state index contributed by atoms with van der Waals surface area (Å²) in [7, 11) is 1.91. The Hall–Kier alpha value is -1.27. The molecule has 13 heavy (non-hydrogen) atoms. The average Bonchev–Trinajstić information content (AvgIpc) is 2.27. The van der Waals surface area contributed by atoms with Gasteiger partial charge in [0.2, 0.25) is 0 Å². The first-order chi connectivity index (χ1) is 6.07. The molecule has 0 aromatic carbocycles. The van der Waals surface area contributed by atoms with E-state index in [1.165, 1.54) is 0 Å². The van der Waals surface area contributed by atoms with Gasteiger partial charge >= 0.3 is 0 Å². The van der Waals surface area contributed by atoms with Gasteiger partial charge in [-0.05, 0) is 13.8 Å². The molecule has 0 fully saturated rings. The monoisotopic (exact) mass is 177 g/mol. The van der Waals surface area contributed by atoms with Crippen LogP contribution in [0.15, 0.2) is 0 Å². The Balaban J connectivity index is 3.07. The van der Waals surface area contributed by atoms with Gasteiger partial charge in [0.25, 0.3) is 0 Å². The first kappa shape index (κ1) is 9.82. The molecule has 0 aliphatic carbocycles. The summed E-state index contributed by atoms with van der Waals surface area (Å²) in [5, 5.41) is 4.28. The molecule has 0 aliphatic rings. The zero-order valence-corrected chi connectivity index (χ0v) is 8.33. The van der Waals surface area contributed by atoms with Crippen molar-refractivity contribution in [2.75, 3.05) is 0 Å². The standard InChI is InChI=1S/C10H15N3/c1-5-6-9(11)10-7(2)12-13(4)8(10)3/h1,9H,6,11H2,2-4H3. The summed E-state index contributed by atoms with van der Waals surface area (Å²) in [5.41, 5.74) is 9.08. The minimum absolute atomic E-state index is 0.0845. The van der Waals surface area contributed by atoms with Crippen molar-refractivity contribution in [3.05, 3.63) is 17.0 Å². The van der Waals surface area contributed by atoms with Gasteiger partial charge in [0, 0.05) is 30.8 Å². The molecule has 3 nitrogen and oxygen atoms in total. The molecule has 1 rings (SSSR count). The molecule has 2 N–H and O–H groups in total. The Morgan fingerprint density at radius 2 is 2.23 bits per heavy atom. The van der Waals surface area contributed by atoms with Gasteiger partial charge in [0.05, 0.1) is 5.69 Å². The van der Waals surface area contributed by atoms with Gasteiger partial charge in [-0.3, -0.25) is 4.68 Å². The molecule has 0 saturated heterocycles. The first-order valence-corrected chi connectivity index (χ1v) is 4.27. The van der Waals surface area contributed by atoms with E-state index in [1.54, 1.807) is 0 Å². The summed E-state index contributed by atoms with van der Waals surface area (Å²) in [4.78, 5) is 0. The summed E-state index contributed by atoms with van der Waals surface area (Å²) in [6.07, 6.45) is 5.78. The lowest BCUT2D eigenvalue weighted by atomic mass is 10.0. The van der Waals surface area contributed by atoms with Crippen molar-refractivity contribution in [3.63, 3.8) is 0 Å². The lowest BCUT2D eigenvalue weighted by molar-refractivity contribution is 0.716. The topological polar surface area (TPSA) is 43.8 Å². The summed E-state index contributed by atoms with van der Waals surface area (Å²) < 4.78 is 1.83. The molecule has 0 bridgehead atoms. The minimum Gasteiger partial charge on any atom is -0.323 e. The van der Waals surface area contributed by atoms with Crippen molar-refractivity contribution < 1.29 is 0 Å². The fourth-order valence-corrected chi connectivity index (χ4v) is 1.56. The van der Waals surface area contributed by atoms with Gasteiger partial charge in [-0.2, -0.15) is 5.10 Å². The second kappa shape index (κ2) is 3.63. The maximum Gasteiger partial charge on any atom is 0.0644 e. The lowest BCUT2D eigenvalue weighted by Crippen LogP contribution is -2.11. The van der Waals surface area contributed by atoms with Crippen LogP contribution in [0.1, 0.15) is 29.4 Å². The van der Waals surface area contributed by atoms with Crippen LogP contribution in [0.5, 0.6) is 0 Å². The van der Waals surface area contributed by atoms with Crippen molar-refractivity contribution in [2.24, 2.45) is 12.8 Å². The number of rotatable bonds is 2. The number of hydrogen-bond donors (Lipinski definition) is 1. The molecule has 70 valence electrons. The average molecular weight is 177 g/mol. The Labute approximate surface area is 78.9 Å². The molecular formula is C10H15N3. The smallest absolute Gasteiger partial charge is 0.0644 e. The zero-order valence-electron chi connectivity index (χ0n) is 8.33. The second-order valence-corrected chi connectivity index (χ2v) is 3.22. The quantitative estimate of drug-likeness (QED) is 0.686. The predicted molar refractivity (Wildman–Crippen MR) is 53.1 cm³/mol. The molecule has 0 radical (unpaired) electrons. The fourth-order valence-electron chi connectivity index (χ4n) is 1.56. The van der Waals surface area contributed by atoms with Crippen LogP contribution >= 0.6 is 0 Å². The van der Waals surface area contributed by atoms with Crippen LogP contribution in [0.25, 0.3) is 0 Å². The molecule has 3 heteroatoms. The Morgan fingerprint density at radius 1 is 1.62 bits per heavy atom. The summed E-state index contributed by atoms with van der Waals surface area (Å²) in [5.74, 6) is 2.57. The molecule has 1 atom stereocenters. The normalized spacial score (nSPS) is 12.5. The van der Waals surface area contributed by atoms with Crippen molar-refractivity contribution in [2.45, 2.75) is 26.3 Å². The molecule has 1 aromatic rings. The molecule has 0 saturated carbocycles. The highest BCUT2D eigenvalue weighted by atomic mass is 15.3. The van der Waals surface area contributed by atoms with Crippen LogP contribution in [0.2, 0.25) is 0 Å². The van der Waals surface area contributed by atoms with Gasteiger partial charge in [0.1, 0.15) is 0 Å². The number of nitrogens with zero attached hydrogens (tertiary/aromatic N) is 2. The SMILES string of the molecule is C#CCC(N)c1c(C)nn(C)c1C. The number of nitrogens with two attached hydrogens (primary N) is 1. The van der Waals surface area contributed by atoms with E-state index in [9.17, 15) is 0 Å². The van der Waals surface area contributed by atoms with E-state index in [-0.39, 0.29) is 6.04 Å². The number of aryl methyl sites for hydroxylation is 2. The lowest BCUT2D eigenvalue weighted by Gasteiger charge is -2.08. The van der Waals surface area contributed by atoms with Crippen LogP contribution in [-0.4, -0.2) is 9.78 Å². The summed E-state index contributed by atoms with van der Waals surface area (Å²) >= 11 is 0. The van der Waals surface area contributed by atoms with Crippen molar-refractivity contribution in [3.8, 4) is 12.3 Å². The Bertz CT molecular complexity index is 344. The third kappa shape index (κ3) is 1.73. The van der Waals surface area contributed by atoms with Gasteiger partial charge in [0.15, 0.2) is 0 Å². The molecule has 1 aromatic heterocycles. The summed E-state index contributed by atoms with van der Waals surface area (Å²) in [6, 6.07) is -0.0845. The molecule has 1 unspecified atom stereocenters. The summed E-state index contributed by atoms with van der Waals surface area (Å²) in [6.45, 7) is 3.96. The third-order valence-corrected chi connectivity index (χ3v) is 2.27. The van der Waals surface area contributed by atoms with E-state index in [1.807, 2.05) is 25.6 Å². The second-order valence-electron chi connectivity index (χ2n) is 3.22. The van der Waals surface area contributed by atoms with Crippen LogP contribution < -0.4 is 5.73 Å². The molecule has 0 spiro atoms. The molecule has 0 amide bonds. The third-order valence-electron chi connectivity index (χ3n) is 2.27. The van der Waals surface area contributed by atoms with Crippen molar-refractivity contribution >= 4 is 0 Å². The van der Waals surface area contributed by atoms with E-state index in [0.717, 1.165) is 17.0 Å². The number of aromatic nitrogens is 2. The molecule has 1 heterocycles. The van der Waals surface area contributed by atoms with Gasteiger partial charge in [-0.15, -0.1) is 12.3 Å². The van der Waals surface area contributed by atoms with Crippen LogP contribution in [0.3, 0.4) is 0 Å². The van der Waals surface area contributed by atoms with Crippen molar-refractivity contribution in [1.29, 1.82) is 0 Å². The van der Waals surface area contributed by atoms with E-state index < -0.39 is 0 Å². The van der Waals surface area contributed by atoms with E-state index in [2.05, 4.69) is 11.0 Å². The predicted octanol–water partition coefficient (Wildman–Crippen LogP) is 1.06. The Morgan fingerprint density at radius 3 is 2.62 bits per heavy atom. The van der Waals surface area contributed by atoms with Crippen LogP contribution in [0, 0.1) is 26.2 Å². The first-order valence-electron chi connectivity index (χ1n) is 4.27. The number of hydrogen-bond acceptors (Lipinski definition) is 2. The fraction of sp³-hybridized carbons (Fsp3) is 0.500. The largest absolute Gasteiger partial charge is 0.323 e. The minimum atomic E-state index is -0.0845. The Kier molecular flexibility index (Phi) is 2.74. The highest BCUT2D eigenvalue weighted by molar-refractivity contribution is 5.28. The highest BCUT2D eigenvalue weighted by Gasteiger charge is 2.15. The van der Waals surface area contributed by atoms with Crippen molar-refractivity contribution in [1.82, 2.24) is 9.78 Å². The van der Waals surface area contributed by atoms with E-state index in [4.69, 9.17) is 12.2 Å². The number of terminal acetylenes is 1. The zero-order chi connectivity index (χ0) is 10.0. The maximum atomic E-state index is 5.92. The van der Waals surface area contributed by atoms with E-state index >= 15 is 0 Å². The molecular weight excluding hydrogens is 162 g/mol. The van der Waals surface area contributed by atoms with Crippen LogP contribution in [-0.2, 0) is 7.05 Å². The maximum absolute atomic E-state index is 5.92.